The number of aliphatic carboxylic acids is 1. The van der Waals surface area contributed by atoms with Crippen LogP contribution in [0.3, 0.4) is 0 Å². The highest BCUT2D eigenvalue weighted by Gasteiger charge is 2.36. The van der Waals surface area contributed by atoms with Crippen LogP contribution in [0.1, 0.15) is 59.4 Å². The Labute approximate surface area is 175 Å². The molecule has 164 valence electrons. The summed E-state index contributed by atoms with van der Waals surface area (Å²) in [6.45, 7) is 10.9. The molecular formula is C23H38N2O4. The van der Waals surface area contributed by atoms with Crippen LogP contribution in [0, 0.1) is 17.8 Å². The van der Waals surface area contributed by atoms with Gasteiger partial charge in [0.25, 0.3) is 0 Å². The van der Waals surface area contributed by atoms with Crippen molar-refractivity contribution in [2.45, 2.75) is 59.4 Å². The molecule has 0 bridgehead atoms. The highest BCUT2D eigenvalue weighted by atomic mass is 16.6. The number of ether oxygens (including phenoxy) is 1. The molecule has 0 fully saturated rings. The number of carbonyl (C=O) groups is 2. The lowest BCUT2D eigenvalue weighted by atomic mass is 9.76. The number of nitrogens with one attached hydrogen (secondary N) is 1. The third kappa shape index (κ3) is 7.03. The zero-order valence-corrected chi connectivity index (χ0v) is 19.0. The Morgan fingerprint density at radius 2 is 1.86 bits per heavy atom. The van der Waals surface area contributed by atoms with Crippen LogP contribution >= 0.6 is 0 Å². The number of hydrogen-bond acceptors (Lipinski definition) is 4. The second-order valence-electron chi connectivity index (χ2n) is 8.72. The van der Waals surface area contributed by atoms with Gasteiger partial charge in [-0.15, -0.1) is 0 Å². The van der Waals surface area contributed by atoms with E-state index in [1.54, 1.807) is 6.07 Å². The van der Waals surface area contributed by atoms with Crippen LogP contribution in [0.15, 0.2) is 24.3 Å². The van der Waals surface area contributed by atoms with Gasteiger partial charge in [0.2, 0.25) is 0 Å². The number of amides is 1. The highest BCUT2D eigenvalue weighted by Crippen LogP contribution is 2.38. The van der Waals surface area contributed by atoms with Gasteiger partial charge in [-0.05, 0) is 62.4 Å². The van der Waals surface area contributed by atoms with Gasteiger partial charge in [0.05, 0.1) is 0 Å². The van der Waals surface area contributed by atoms with Crippen molar-refractivity contribution in [1.82, 2.24) is 10.2 Å². The Balaban J connectivity index is 2.87. The molecule has 6 heteroatoms. The first-order valence-electron chi connectivity index (χ1n) is 10.5. The summed E-state index contributed by atoms with van der Waals surface area (Å²) in [4.78, 5) is 25.6. The predicted molar refractivity (Wildman–Crippen MR) is 116 cm³/mol. The number of carbonyl (C=O) groups excluding carboxylic acids is 1. The third-order valence-electron chi connectivity index (χ3n) is 5.64. The number of carboxylic acids is 1. The van der Waals surface area contributed by atoms with Crippen molar-refractivity contribution in [3.05, 3.63) is 29.8 Å². The van der Waals surface area contributed by atoms with E-state index in [-0.39, 0.29) is 24.4 Å². The van der Waals surface area contributed by atoms with Gasteiger partial charge in [0.1, 0.15) is 5.75 Å². The van der Waals surface area contributed by atoms with Crippen LogP contribution in [0.5, 0.6) is 5.75 Å². The van der Waals surface area contributed by atoms with Gasteiger partial charge in [-0.25, -0.2) is 4.79 Å². The van der Waals surface area contributed by atoms with Crippen molar-refractivity contribution in [1.29, 1.82) is 0 Å². The largest absolute Gasteiger partial charge is 0.481 e. The Hall–Kier alpha value is -2.08. The number of benzene rings is 1. The summed E-state index contributed by atoms with van der Waals surface area (Å²) >= 11 is 0. The molecule has 0 spiro atoms. The van der Waals surface area contributed by atoms with Gasteiger partial charge in [0.15, 0.2) is 0 Å². The molecular weight excluding hydrogens is 368 g/mol. The molecule has 0 aromatic heterocycles. The summed E-state index contributed by atoms with van der Waals surface area (Å²) in [6, 6.07) is 7.66. The highest BCUT2D eigenvalue weighted by molar-refractivity contribution is 5.71. The van der Waals surface area contributed by atoms with Crippen LogP contribution < -0.4 is 10.1 Å². The molecule has 0 saturated heterocycles. The van der Waals surface area contributed by atoms with E-state index < -0.39 is 12.1 Å². The molecule has 0 saturated carbocycles. The zero-order chi connectivity index (χ0) is 22.2. The van der Waals surface area contributed by atoms with Gasteiger partial charge in [-0.2, -0.15) is 0 Å². The average molecular weight is 407 g/mol. The summed E-state index contributed by atoms with van der Waals surface area (Å²) in [5, 5.41) is 11.8. The van der Waals surface area contributed by atoms with E-state index in [9.17, 15) is 9.59 Å². The molecule has 1 aromatic carbocycles. The van der Waals surface area contributed by atoms with Crippen molar-refractivity contribution in [3.63, 3.8) is 0 Å². The van der Waals surface area contributed by atoms with E-state index in [1.807, 2.05) is 26.0 Å². The van der Waals surface area contributed by atoms with Crippen LogP contribution in [0.25, 0.3) is 0 Å². The first-order valence-corrected chi connectivity index (χ1v) is 10.5. The molecule has 1 rings (SSSR count). The molecule has 1 amide bonds. The van der Waals surface area contributed by atoms with Crippen LogP contribution in [0.2, 0.25) is 0 Å². The third-order valence-corrected chi connectivity index (χ3v) is 5.64. The molecule has 0 aliphatic heterocycles. The fourth-order valence-corrected chi connectivity index (χ4v) is 4.39. The smallest absolute Gasteiger partial charge is 0.412 e. The van der Waals surface area contributed by atoms with E-state index in [4.69, 9.17) is 9.84 Å². The van der Waals surface area contributed by atoms with E-state index in [0.29, 0.717) is 17.6 Å². The molecule has 29 heavy (non-hydrogen) atoms. The average Bonchev–Trinajstić information content (AvgIpc) is 2.59. The zero-order valence-electron chi connectivity index (χ0n) is 19.0. The second kappa shape index (κ2) is 11.2. The topological polar surface area (TPSA) is 78.9 Å². The fraction of sp³-hybridized carbons (Fsp3) is 0.652. The maximum Gasteiger partial charge on any atom is 0.412 e. The molecule has 2 atom stereocenters. The molecule has 6 nitrogen and oxygen atoms in total. The molecule has 0 aliphatic carbocycles. The SMILES string of the molecule is CCC(c1cccc(OC(=O)NC[C@H](CC(=O)O)CC(C)C)c1)(C(C)C)N(C)C. The van der Waals surface area contributed by atoms with Gasteiger partial charge >= 0.3 is 12.1 Å². The molecule has 1 unspecified atom stereocenters. The summed E-state index contributed by atoms with van der Waals surface area (Å²) < 4.78 is 5.50. The molecule has 2 N–H and O–H groups in total. The Morgan fingerprint density at radius 3 is 2.34 bits per heavy atom. The summed E-state index contributed by atoms with van der Waals surface area (Å²) in [6.07, 6.45) is 1.14. The first kappa shape index (κ1) is 25.0. The molecule has 0 aliphatic rings. The lowest BCUT2D eigenvalue weighted by Crippen LogP contribution is -2.45. The standard InChI is InChI=1S/C23H38N2O4/c1-8-23(17(4)5,25(6)7)19-10-9-11-20(14-19)29-22(28)24-15-18(12-16(2)3)13-21(26)27/h9-11,14,16-18H,8,12-13,15H2,1-7H3,(H,24,28)(H,26,27)/t18-,23?/m0/s1. The van der Waals surface area contributed by atoms with Gasteiger partial charge in [-0.1, -0.05) is 46.8 Å². The number of hydrogen-bond donors (Lipinski definition) is 2. The maximum absolute atomic E-state index is 12.3. The van der Waals surface area contributed by atoms with Gasteiger partial charge in [0, 0.05) is 18.5 Å². The van der Waals surface area contributed by atoms with Crippen LogP contribution in [-0.2, 0) is 10.3 Å². The Bertz CT molecular complexity index is 663. The number of carboxylic acid groups (broad SMARTS) is 1. The van der Waals surface area contributed by atoms with Crippen molar-refractivity contribution in [2.24, 2.45) is 17.8 Å². The second-order valence-corrected chi connectivity index (χ2v) is 8.72. The first-order chi connectivity index (χ1) is 13.5. The minimum atomic E-state index is -0.855. The van der Waals surface area contributed by atoms with Crippen molar-refractivity contribution in [3.8, 4) is 5.75 Å². The van der Waals surface area contributed by atoms with E-state index >= 15 is 0 Å². The summed E-state index contributed by atoms with van der Waals surface area (Å²) in [5.74, 6) is 0.247. The number of rotatable bonds is 11. The van der Waals surface area contributed by atoms with Crippen LogP contribution in [0.4, 0.5) is 4.79 Å². The normalized spacial score (nSPS) is 14.7. The monoisotopic (exact) mass is 406 g/mol. The summed E-state index contributed by atoms with van der Waals surface area (Å²) in [7, 11) is 4.14. The quantitative estimate of drug-likeness (QED) is 0.555. The Kier molecular flexibility index (Phi) is 9.63. The lowest BCUT2D eigenvalue weighted by molar-refractivity contribution is -0.138. The maximum atomic E-state index is 12.3. The van der Waals surface area contributed by atoms with E-state index in [0.717, 1.165) is 18.4 Å². The van der Waals surface area contributed by atoms with Crippen LogP contribution in [-0.4, -0.2) is 42.7 Å². The van der Waals surface area contributed by atoms with Gasteiger partial charge < -0.3 is 15.2 Å². The molecule has 0 heterocycles. The van der Waals surface area contributed by atoms with E-state index in [1.165, 1.54) is 0 Å². The predicted octanol–water partition coefficient (Wildman–Crippen LogP) is 4.73. The molecule has 1 aromatic rings. The minimum Gasteiger partial charge on any atom is -0.481 e. The Morgan fingerprint density at radius 1 is 1.21 bits per heavy atom. The van der Waals surface area contributed by atoms with E-state index in [2.05, 4.69) is 51.1 Å². The number of nitrogens with zero attached hydrogens (tertiary/aromatic N) is 1. The minimum absolute atomic E-state index is 0.0319. The van der Waals surface area contributed by atoms with Crippen molar-refractivity contribution in [2.75, 3.05) is 20.6 Å². The molecule has 0 radical (unpaired) electrons. The summed E-state index contributed by atoms with van der Waals surface area (Å²) in [5.41, 5.74) is 0.952. The van der Waals surface area contributed by atoms with Crippen molar-refractivity contribution >= 4 is 12.1 Å². The fourth-order valence-electron chi connectivity index (χ4n) is 4.39. The van der Waals surface area contributed by atoms with Crippen molar-refractivity contribution < 1.29 is 19.4 Å². The lowest BCUT2D eigenvalue weighted by Gasteiger charge is -2.43. The van der Waals surface area contributed by atoms with Gasteiger partial charge in [-0.3, -0.25) is 9.69 Å².